The molecular weight excluding hydrogens is 500 g/mol. The second-order valence-corrected chi connectivity index (χ2v) is 9.29. The number of aromatic amines is 1. The highest BCUT2D eigenvalue weighted by atomic mass is 32.2. The number of rotatable bonds is 8. The molecule has 0 bridgehead atoms. The summed E-state index contributed by atoms with van der Waals surface area (Å²) in [6.07, 6.45) is 1.39. The largest absolute Gasteiger partial charge is 0.481 e. The van der Waals surface area contributed by atoms with Crippen LogP contribution >= 0.6 is 11.8 Å². The van der Waals surface area contributed by atoms with E-state index in [1.165, 1.54) is 16.4 Å². The lowest BCUT2D eigenvalue weighted by Gasteiger charge is -2.08. The van der Waals surface area contributed by atoms with Crippen molar-refractivity contribution in [1.29, 1.82) is 5.26 Å². The molecule has 0 aliphatic heterocycles. The number of benzene rings is 3. The Labute approximate surface area is 221 Å². The monoisotopic (exact) mass is 520 g/mol. The summed E-state index contributed by atoms with van der Waals surface area (Å²) in [5.41, 5.74) is 4.72. The van der Waals surface area contributed by atoms with Crippen LogP contribution in [0.4, 0.5) is 0 Å². The van der Waals surface area contributed by atoms with E-state index in [9.17, 15) is 14.9 Å². The topological polar surface area (TPSA) is 138 Å². The van der Waals surface area contributed by atoms with Crippen LogP contribution in [0.3, 0.4) is 0 Å². The Bertz CT molecular complexity index is 1690. The van der Waals surface area contributed by atoms with Gasteiger partial charge in [-0.1, -0.05) is 83.7 Å². The van der Waals surface area contributed by atoms with Gasteiger partial charge < -0.3 is 10.1 Å². The molecule has 0 fully saturated rings. The summed E-state index contributed by atoms with van der Waals surface area (Å²) in [6.45, 7) is 0. The lowest BCUT2D eigenvalue weighted by Crippen LogP contribution is -2.14. The fourth-order valence-electron chi connectivity index (χ4n) is 3.84. The highest BCUT2D eigenvalue weighted by Crippen LogP contribution is 2.27. The van der Waals surface area contributed by atoms with E-state index >= 15 is 0 Å². The molecule has 38 heavy (non-hydrogen) atoms. The second kappa shape index (κ2) is 10.9. The molecule has 0 saturated carbocycles. The van der Waals surface area contributed by atoms with Gasteiger partial charge in [0.25, 0.3) is 5.56 Å². The predicted molar refractivity (Wildman–Crippen MR) is 143 cm³/mol. The first-order chi connectivity index (χ1) is 18.5. The highest BCUT2D eigenvalue weighted by molar-refractivity contribution is 7.98. The number of hydrogen-bond acceptors (Lipinski definition) is 7. The third-order valence-corrected chi connectivity index (χ3v) is 6.67. The van der Waals surface area contributed by atoms with Gasteiger partial charge in [0.2, 0.25) is 0 Å². The van der Waals surface area contributed by atoms with Gasteiger partial charge in [-0.2, -0.15) is 5.26 Å². The van der Waals surface area contributed by atoms with E-state index in [0.717, 1.165) is 22.4 Å². The quantitative estimate of drug-likeness (QED) is 0.226. The van der Waals surface area contributed by atoms with Gasteiger partial charge in [-0.3, -0.25) is 9.59 Å². The first-order valence-electron chi connectivity index (χ1n) is 11.6. The summed E-state index contributed by atoms with van der Waals surface area (Å²) >= 11 is 1.35. The number of thioether (sulfide) groups is 1. The van der Waals surface area contributed by atoms with Gasteiger partial charge in [0.05, 0.1) is 29.7 Å². The molecule has 5 aromatic rings. The molecule has 0 amide bonds. The maximum absolute atomic E-state index is 12.7. The van der Waals surface area contributed by atoms with Crippen LogP contribution in [0.1, 0.15) is 16.8 Å². The lowest BCUT2D eigenvalue weighted by molar-refractivity contribution is -0.136. The molecule has 3 aromatic carbocycles. The van der Waals surface area contributed by atoms with Crippen LogP contribution in [-0.4, -0.2) is 36.0 Å². The summed E-state index contributed by atoms with van der Waals surface area (Å²) in [7, 11) is 0. The van der Waals surface area contributed by atoms with Crippen molar-refractivity contribution >= 4 is 17.7 Å². The minimum absolute atomic E-state index is 0.0266. The summed E-state index contributed by atoms with van der Waals surface area (Å²) < 4.78 is 1.52. The molecule has 0 aliphatic rings. The number of H-pyrrole nitrogens is 1. The number of hydrogen-bond donors (Lipinski definition) is 2. The first kappa shape index (κ1) is 24.7. The van der Waals surface area contributed by atoms with Crippen LogP contribution in [0.5, 0.6) is 0 Å². The van der Waals surface area contributed by atoms with Gasteiger partial charge in [0.1, 0.15) is 11.6 Å². The van der Waals surface area contributed by atoms with Crippen molar-refractivity contribution < 1.29 is 9.90 Å². The average Bonchev–Trinajstić information content (AvgIpc) is 3.40. The van der Waals surface area contributed by atoms with Gasteiger partial charge in [0.15, 0.2) is 5.16 Å². The minimum atomic E-state index is -0.966. The van der Waals surface area contributed by atoms with Crippen LogP contribution in [0, 0.1) is 11.3 Å². The zero-order valence-electron chi connectivity index (χ0n) is 19.9. The molecule has 0 radical (unpaired) electrons. The second-order valence-electron chi connectivity index (χ2n) is 8.33. The zero-order valence-corrected chi connectivity index (χ0v) is 20.7. The Morgan fingerprint density at radius 2 is 1.66 bits per heavy atom. The number of carbonyl (C=O) groups is 1. The van der Waals surface area contributed by atoms with Gasteiger partial charge in [-0.05, 0) is 28.8 Å². The van der Waals surface area contributed by atoms with Crippen molar-refractivity contribution in [3.05, 3.63) is 112 Å². The van der Waals surface area contributed by atoms with Crippen LogP contribution in [-0.2, 0) is 17.0 Å². The van der Waals surface area contributed by atoms with Crippen molar-refractivity contribution in [3.8, 4) is 34.1 Å². The average molecular weight is 521 g/mol. The Kier molecular flexibility index (Phi) is 7.10. The summed E-state index contributed by atoms with van der Waals surface area (Å²) in [5.74, 6) is -0.436. The van der Waals surface area contributed by atoms with Gasteiger partial charge in [-0.25, -0.2) is 9.67 Å². The molecule has 0 aliphatic carbocycles. The molecule has 2 N–H and O–H groups in total. The molecular formula is C28H20N6O3S. The molecule has 9 nitrogen and oxygen atoms in total. The SMILES string of the molecule is N#Cc1c(-c2ccc(-c3ccccc3)cc2)nc(SCc2ccc(-n3cc(CC(=O)O)nn3)cc2)[nH]c1=O. The zero-order chi connectivity index (χ0) is 26.5. The summed E-state index contributed by atoms with van der Waals surface area (Å²) in [5, 5.41) is 26.7. The molecule has 186 valence electrons. The minimum Gasteiger partial charge on any atom is -0.481 e. The maximum atomic E-state index is 12.7. The highest BCUT2D eigenvalue weighted by Gasteiger charge is 2.14. The molecule has 0 atom stereocenters. The number of carboxylic acid groups (broad SMARTS) is 1. The molecule has 5 rings (SSSR count). The lowest BCUT2D eigenvalue weighted by atomic mass is 10.0. The first-order valence-corrected chi connectivity index (χ1v) is 12.5. The molecule has 0 spiro atoms. The van der Waals surface area contributed by atoms with Crippen molar-refractivity contribution in [2.45, 2.75) is 17.3 Å². The molecule has 2 heterocycles. The normalized spacial score (nSPS) is 10.7. The number of nitrogens with zero attached hydrogens (tertiary/aromatic N) is 5. The molecule has 0 saturated heterocycles. The van der Waals surface area contributed by atoms with Crippen LogP contribution in [0.25, 0.3) is 28.1 Å². The van der Waals surface area contributed by atoms with Crippen LogP contribution in [0.15, 0.2) is 95.0 Å². The molecule has 0 unspecified atom stereocenters. The number of nitrogens with one attached hydrogen (secondary N) is 1. The van der Waals surface area contributed by atoms with E-state index in [4.69, 9.17) is 5.11 Å². The van der Waals surface area contributed by atoms with E-state index in [0.29, 0.717) is 27.9 Å². The standard InChI is InChI=1S/C28H20N6O3S/c29-15-24-26(21-10-8-20(9-11-21)19-4-2-1-3-5-19)30-28(31-27(24)37)38-17-18-6-12-23(13-7-18)34-16-22(32-33-34)14-25(35)36/h1-13,16H,14,17H2,(H,35,36)(H,30,31,37). The van der Waals surface area contributed by atoms with Crippen molar-refractivity contribution in [3.63, 3.8) is 0 Å². The number of aliphatic carboxylic acids is 1. The fraction of sp³-hybridized carbons (Fsp3) is 0.0714. The predicted octanol–water partition coefficient (Wildman–Crippen LogP) is 4.48. The summed E-state index contributed by atoms with van der Waals surface area (Å²) in [4.78, 5) is 30.8. The van der Waals surface area contributed by atoms with Gasteiger partial charge in [0, 0.05) is 11.3 Å². The fourth-order valence-corrected chi connectivity index (χ4v) is 4.66. The van der Waals surface area contributed by atoms with Crippen LogP contribution < -0.4 is 5.56 Å². The van der Waals surface area contributed by atoms with Crippen molar-refractivity contribution in [1.82, 2.24) is 25.0 Å². The third kappa shape index (κ3) is 5.53. The summed E-state index contributed by atoms with van der Waals surface area (Å²) in [6, 6.07) is 27.1. The van der Waals surface area contributed by atoms with E-state index in [-0.39, 0.29) is 12.0 Å². The third-order valence-electron chi connectivity index (χ3n) is 5.72. The molecule has 2 aromatic heterocycles. The Morgan fingerprint density at radius 1 is 0.974 bits per heavy atom. The van der Waals surface area contributed by atoms with E-state index in [1.54, 1.807) is 6.20 Å². The van der Waals surface area contributed by atoms with Gasteiger partial charge >= 0.3 is 5.97 Å². The van der Waals surface area contributed by atoms with Crippen molar-refractivity contribution in [2.75, 3.05) is 0 Å². The van der Waals surface area contributed by atoms with Gasteiger partial charge in [-0.15, -0.1) is 5.10 Å². The van der Waals surface area contributed by atoms with Crippen LogP contribution in [0.2, 0.25) is 0 Å². The Balaban J connectivity index is 1.33. The van der Waals surface area contributed by atoms with E-state index < -0.39 is 11.5 Å². The maximum Gasteiger partial charge on any atom is 0.309 e. The van der Waals surface area contributed by atoms with E-state index in [1.807, 2.05) is 84.9 Å². The number of carboxylic acids is 1. The number of aromatic nitrogens is 5. The molecule has 10 heteroatoms. The smallest absolute Gasteiger partial charge is 0.309 e. The Morgan fingerprint density at radius 3 is 2.34 bits per heavy atom. The van der Waals surface area contributed by atoms with Crippen molar-refractivity contribution in [2.24, 2.45) is 0 Å². The Hall–Kier alpha value is -5.01. The van der Waals surface area contributed by atoms with E-state index in [2.05, 4.69) is 20.3 Å². The number of nitriles is 1.